The Kier molecular flexibility index (Phi) is 6.86. The molecule has 2 aliphatic heterocycles. The van der Waals surface area contributed by atoms with Gasteiger partial charge in [0, 0.05) is 0 Å². The topological polar surface area (TPSA) is 86.7 Å². The van der Waals surface area contributed by atoms with Gasteiger partial charge in [0.1, 0.15) is 0 Å². The normalized spacial score (nSPS) is 14.1. The van der Waals surface area contributed by atoms with E-state index >= 15 is 0 Å². The molecule has 7 rings (SSSR count). The second-order valence-corrected chi connectivity index (χ2v) is 10.9. The maximum absolute atomic E-state index is 14.4. The molecule has 0 bridgehead atoms. The SMILES string of the molecule is O=C1OC(=O)c2cc(-c3cc(-c4ccccc4C(F)(F)F)c(-c4ccc5c(c4)C(=O)OC5=O)cc3-c3ccccc3C(F)(F)F)ccc21. The van der Waals surface area contributed by atoms with E-state index in [1.54, 1.807) is 0 Å². The van der Waals surface area contributed by atoms with Gasteiger partial charge in [-0.05, 0) is 93.0 Å². The van der Waals surface area contributed by atoms with Crippen molar-refractivity contribution in [3.05, 3.63) is 130 Å². The van der Waals surface area contributed by atoms with Crippen molar-refractivity contribution in [2.75, 3.05) is 0 Å². The second-order valence-electron chi connectivity index (χ2n) is 10.9. The van der Waals surface area contributed by atoms with E-state index in [0.29, 0.717) is 0 Å². The summed E-state index contributed by atoms with van der Waals surface area (Å²) in [5.41, 5.74) is -3.29. The fraction of sp³-hybridized carbons (Fsp3) is 0.0556. The molecule has 6 nitrogen and oxygen atoms in total. The van der Waals surface area contributed by atoms with Crippen LogP contribution >= 0.6 is 0 Å². The van der Waals surface area contributed by atoms with Crippen LogP contribution in [-0.2, 0) is 21.8 Å². The number of halogens is 6. The summed E-state index contributed by atoms with van der Waals surface area (Å²) >= 11 is 0. The van der Waals surface area contributed by atoms with E-state index in [4.69, 9.17) is 0 Å². The maximum Gasteiger partial charge on any atom is 0.417 e. The minimum absolute atomic E-state index is 0.00637. The number of alkyl halides is 6. The molecule has 5 aromatic carbocycles. The largest absolute Gasteiger partial charge is 0.417 e. The van der Waals surface area contributed by atoms with Crippen LogP contribution in [0, 0.1) is 0 Å². The predicted octanol–water partition coefficient (Wildman–Crippen LogP) is 9.01. The number of carbonyl (C=O) groups is 4. The number of ether oxygens (including phenoxy) is 2. The summed E-state index contributed by atoms with van der Waals surface area (Å²) in [4.78, 5) is 49.2. The fourth-order valence-corrected chi connectivity index (χ4v) is 5.96. The third-order valence-corrected chi connectivity index (χ3v) is 8.11. The smallest absolute Gasteiger partial charge is 0.386 e. The Morgan fingerprint density at radius 3 is 1.08 bits per heavy atom. The number of hydrogen-bond donors (Lipinski definition) is 0. The third kappa shape index (κ3) is 5.02. The summed E-state index contributed by atoms with van der Waals surface area (Å²) in [5.74, 6) is -3.83. The molecule has 0 N–H and O–H groups in total. The van der Waals surface area contributed by atoms with E-state index in [-0.39, 0.29) is 66.8 Å². The average Bonchev–Trinajstić information content (AvgIpc) is 3.51. The summed E-state index contributed by atoms with van der Waals surface area (Å²) in [6.45, 7) is 0. The number of rotatable bonds is 4. The van der Waals surface area contributed by atoms with Crippen LogP contribution in [0.4, 0.5) is 26.3 Å². The van der Waals surface area contributed by atoms with Gasteiger partial charge in [0.15, 0.2) is 0 Å². The van der Waals surface area contributed by atoms with E-state index in [2.05, 4.69) is 9.47 Å². The summed E-state index contributed by atoms with van der Waals surface area (Å²) < 4.78 is 95.8. The molecule has 238 valence electrons. The van der Waals surface area contributed by atoms with Gasteiger partial charge in [-0.3, -0.25) is 0 Å². The van der Waals surface area contributed by atoms with E-state index in [0.717, 1.165) is 12.1 Å². The minimum Gasteiger partial charge on any atom is -0.386 e. The van der Waals surface area contributed by atoms with Gasteiger partial charge in [0.05, 0.1) is 33.4 Å². The van der Waals surface area contributed by atoms with Gasteiger partial charge in [-0.15, -0.1) is 0 Å². The van der Waals surface area contributed by atoms with Crippen LogP contribution in [0.5, 0.6) is 0 Å². The quantitative estimate of drug-likeness (QED) is 0.109. The lowest BCUT2D eigenvalue weighted by molar-refractivity contribution is -0.137. The van der Waals surface area contributed by atoms with E-state index in [1.165, 1.54) is 84.9 Å². The van der Waals surface area contributed by atoms with Gasteiger partial charge >= 0.3 is 36.2 Å². The molecule has 0 amide bonds. The van der Waals surface area contributed by atoms with E-state index < -0.39 is 47.4 Å². The zero-order valence-electron chi connectivity index (χ0n) is 24.0. The highest BCUT2D eigenvalue weighted by molar-refractivity contribution is 6.16. The number of hydrogen-bond acceptors (Lipinski definition) is 6. The Morgan fingerprint density at radius 1 is 0.354 bits per heavy atom. The molecule has 0 aliphatic carbocycles. The van der Waals surface area contributed by atoms with E-state index in [1.807, 2.05) is 0 Å². The van der Waals surface area contributed by atoms with Crippen molar-refractivity contribution in [3.63, 3.8) is 0 Å². The lowest BCUT2D eigenvalue weighted by Crippen LogP contribution is -2.09. The van der Waals surface area contributed by atoms with Crippen LogP contribution in [0.15, 0.2) is 97.1 Å². The molecule has 48 heavy (non-hydrogen) atoms. The summed E-state index contributed by atoms with van der Waals surface area (Å²) in [5, 5.41) is 0. The first kappa shape index (κ1) is 30.6. The average molecular weight is 659 g/mol. The molecular formula is C36H16F6O6. The molecule has 0 radical (unpaired) electrons. The number of esters is 4. The molecule has 0 fully saturated rings. The molecule has 0 aromatic heterocycles. The molecule has 0 unspecified atom stereocenters. The van der Waals surface area contributed by atoms with Crippen LogP contribution < -0.4 is 0 Å². The highest BCUT2D eigenvalue weighted by Gasteiger charge is 2.37. The first-order chi connectivity index (χ1) is 22.7. The van der Waals surface area contributed by atoms with Crippen molar-refractivity contribution < 1.29 is 55.0 Å². The Labute approximate surface area is 266 Å². The second kappa shape index (κ2) is 10.8. The lowest BCUT2D eigenvalue weighted by Gasteiger charge is -2.22. The van der Waals surface area contributed by atoms with Crippen molar-refractivity contribution >= 4 is 23.9 Å². The molecule has 0 saturated carbocycles. The van der Waals surface area contributed by atoms with Gasteiger partial charge in [-0.2, -0.15) is 26.3 Å². The molecule has 5 aromatic rings. The highest BCUT2D eigenvalue weighted by Crippen LogP contribution is 2.48. The third-order valence-electron chi connectivity index (χ3n) is 8.11. The number of benzene rings is 5. The zero-order valence-corrected chi connectivity index (χ0v) is 24.0. The monoisotopic (exact) mass is 658 g/mol. The van der Waals surface area contributed by atoms with Crippen molar-refractivity contribution in [2.45, 2.75) is 12.4 Å². The summed E-state index contributed by atoms with van der Waals surface area (Å²) in [7, 11) is 0. The molecule has 0 spiro atoms. The standard InChI is InChI=1S/C36H16F6O6/c37-35(38,39)29-7-3-1-5-19(29)25-15-24(18-10-12-22-28(14-18)34(46)48-32(22)44)26(20-6-2-4-8-30(20)36(40,41)42)16-23(25)17-9-11-21-27(13-17)33(45)47-31(21)43/h1-16H. The lowest BCUT2D eigenvalue weighted by atomic mass is 9.82. The molecule has 0 atom stereocenters. The van der Waals surface area contributed by atoms with Crippen LogP contribution in [0.2, 0.25) is 0 Å². The maximum atomic E-state index is 14.4. The number of cyclic esters (lactones) is 4. The highest BCUT2D eigenvalue weighted by atomic mass is 19.4. The molecular weight excluding hydrogens is 642 g/mol. The van der Waals surface area contributed by atoms with Crippen LogP contribution in [0.3, 0.4) is 0 Å². The fourth-order valence-electron chi connectivity index (χ4n) is 5.96. The number of carbonyl (C=O) groups excluding carboxylic acids is 4. The Hall–Kier alpha value is -6.04. The first-order valence-electron chi connectivity index (χ1n) is 14.1. The van der Waals surface area contributed by atoms with Crippen molar-refractivity contribution in [1.82, 2.24) is 0 Å². The summed E-state index contributed by atoms with van der Waals surface area (Å²) in [6, 6.07) is 19.4. The van der Waals surface area contributed by atoms with Gasteiger partial charge in [0.2, 0.25) is 0 Å². The van der Waals surface area contributed by atoms with Crippen molar-refractivity contribution in [2.24, 2.45) is 0 Å². The minimum atomic E-state index is -4.86. The molecule has 0 saturated heterocycles. The Balaban J connectivity index is 1.61. The van der Waals surface area contributed by atoms with Crippen molar-refractivity contribution in [3.8, 4) is 44.5 Å². The summed E-state index contributed by atoms with van der Waals surface area (Å²) in [6.07, 6.45) is -9.72. The zero-order chi connectivity index (χ0) is 34.1. The molecule has 12 heteroatoms. The molecule has 2 aliphatic rings. The predicted molar refractivity (Wildman–Crippen MR) is 158 cm³/mol. The van der Waals surface area contributed by atoms with Crippen molar-refractivity contribution in [1.29, 1.82) is 0 Å². The first-order valence-corrected chi connectivity index (χ1v) is 14.1. The Morgan fingerprint density at radius 2 is 0.708 bits per heavy atom. The van der Waals surface area contributed by atoms with Gasteiger partial charge < -0.3 is 9.47 Å². The van der Waals surface area contributed by atoms with Crippen LogP contribution in [0.25, 0.3) is 44.5 Å². The Bertz CT molecular complexity index is 2090. The van der Waals surface area contributed by atoms with Crippen LogP contribution in [0.1, 0.15) is 52.6 Å². The number of fused-ring (bicyclic) bond motifs is 2. The van der Waals surface area contributed by atoms with Gasteiger partial charge in [-0.25, -0.2) is 19.2 Å². The van der Waals surface area contributed by atoms with Gasteiger partial charge in [-0.1, -0.05) is 48.5 Å². The van der Waals surface area contributed by atoms with Crippen LogP contribution in [-0.4, -0.2) is 23.9 Å². The van der Waals surface area contributed by atoms with Gasteiger partial charge in [0.25, 0.3) is 0 Å². The molecule has 2 heterocycles. The van der Waals surface area contributed by atoms with E-state index in [9.17, 15) is 45.5 Å².